The second-order valence-corrected chi connectivity index (χ2v) is 6.04. The van der Waals surface area contributed by atoms with E-state index in [9.17, 15) is 15.0 Å². The molecule has 0 amide bonds. The molecule has 0 spiro atoms. The highest BCUT2D eigenvalue weighted by Crippen LogP contribution is 2.20. The molecule has 0 unspecified atom stereocenters. The van der Waals surface area contributed by atoms with Crippen LogP contribution in [0.4, 0.5) is 0 Å². The van der Waals surface area contributed by atoms with Gasteiger partial charge in [-0.25, -0.2) is 4.98 Å². The molecule has 1 aromatic heterocycles. The molecule has 132 valence electrons. The molecule has 0 radical (unpaired) electrons. The number of hydrogen-bond acceptors (Lipinski definition) is 4. The van der Waals surface area contributed by atoms with Gasteiger partial charge in [-0.2, -0.15) is 0 Å². The van der Waals surface area contributed by atoms with Crippen molar-refractivity contribution >= 4 is 23.1 Å². The number of phenolic OH excluding ortho intramolecular Hbond substituents is 2. The summed E-state index contributed by atoms with van der Waals surface area (Å²) in [6, 6.07) is 20.4. The Balaban J connectivity index is 1.95. The van der Waals surface area contributed by atoms with Crippen LogP contribution < -0.4 is 5.56 Å². The number of para-hydroxylation sites is 2. The molecule has 0 saturated heterocycles. The number of rotatable bonds is 3. The van der Waals surface area contributed by atoms with Gasteiger partial charge in [0.05, 0.1) is 16.6 Å². The Morgan fingerprint density at radius 1 is 0.815 bits per heavy atom. The fourth-order valence-electron chi connectivity index (χ4n) is 2.91. The summed E-state index contributed by atoms with van der Waals surface area (Å²) in [5, 5.41) is 20.0. The first-order chi connectivity index (χ1) is 13.1. The molecule has 4 rings (SSSR count). The number of hydrogen-bond donors (Lipinski definition) is 2. The van der Waals surface area contributed by atoms with Gasteiger partial charge >= 0.3 is 0 Å². The number of nitrogens with zero attached hydrogens (tertiary/aromatic N) is 2. The van der Waals surface area contributed by atoms with Crippen LogP contribution in [0.25, 0.3) is 28.7 Å². The van der Waals surface area contributed by atoms with Gasteiger partial charge in [-0.1, -0.05) is 30.3 Å². The summed E-state index contributed by atoms with van der Waals surface area (Å²) < 4.78 is 1.48. The summed E-state index contributed by atoms with van der Waals surface area (Å²) in [5.41, 5.74) is 1.60. The lowest BCUT2D eigenvalue weighted by atomic mass is 10.2. The Morgan fingerprint density at radius 2 is 1.52 bits per heavy atom. The van der Waals surface area contributed by atoms with Crippen molar-refractivity contribution in [3.05, 3.63) is 94.5 Å². The smallest absolute Gasteiger partial charge is 0.266 e. The van der Waals surface area contributed by atoms with E-state index in [1.165, 1.54) is 16.7 Å². The number of fused-ring (bicyclic) bond motifs is 1. The van der Waals surface area contributed by atoms with Crippen LogP contribution in [0.1, 0.15) is 11.4 Å². The van der Waals surface area contributed by atoms with E-state index in [0.29, 0.717) is 28.0 Å². The molecule has 0 aliphatic rings. The second kappa shape index (κ2) is 6.80. The highest BCUT2D eigenvalue weighted by molar-refractivity contribution is 5.80. The molecule has 0 atom stereocenters. The third kappa shape index (κ3) is 3.18. The van der Waals surface area contributed by atoms with E-state index >= 15 is 0 Å². The molecule has 2 N–H and O–H groups in total. The molecule has 0 aliphatic carbocycles. The first-order valence-corrected chi connectivity index (χ1v) is 8.41. The van der Waals surface area contributed by atoms with Crippen LogP contribution in [-0.2, 0) is 0 Å². The van der Waals surface area contributed by atoms with E-state index in [4.69, 9.17) is 0 Å². The van der Waals surface area contributed by atoms with Crippen molar-refractivity contribution in [2.24, 2.45) is 0 Å². The first-order valence-electron chi connectivity index (χ1n) is 8.41. The SMILES string of the molecule is O=c1c2ccccc2nc(/C=C\c2ccccc2O)n1-c1ccc(O)cc1. The van der Waals surface area contributed by atoms with Gasteiger partial charge in [-0.15, -0.1) is 0 Å². The van der Waals surface area contributed by atoms with Crippen molar-refractivity contribution < 1.29 is 10.2 Å². The van der Waals surface area contributed by atoms with Gasteiger partial charge in [0.25, 0.3) is 5.56 Å². The summed E-state index contributed by atoms with van der Waals surface area (Å²) in [6.07, 6.45) is 3.40. The predicted octanol–water partition coefficient (Wildman–Crippen LogP) is 3.97. The Bertz CT molecular complexity index is 1210. The topological polar surface area (TPSA) is 75.3 Å². The van der Waals surface area contributed by atoms with Crippen LogP contribution in [-0.4, -0.2) is 19.8 Å². The number of aromatic nitrogens is 2. The van der Waals surface area contributed by atoms with E-state index < -0.39 is 0 Å². The first kappa shape index (κ1) is 16.6. The molecule has 0 saturated carbocycles. The summed E-state index contributed by atoms with van der Waals surface area (Å²) in [7, 11) is 0. The molecule has 0 fully saturated rings. The molecular weight excluding hydrogens is 340 g/mol. The summed E-state index contributed by atoms with van der Waals surface area (Å²) in [4.78, 5) is 17.7. The van der Waals surface area contributed by atoms with Gasteiger partial charge in [-0.3, -0.25) is 9.36 Å². The van der Waals surface area contributed by atoms with Crippen LogP contribution in [0.5, 0.6) is 11.5 Å². The Hall–Kier alpha value is -3.86. The van der Waals surface area contributed by atoms with Crippen molar-refractivity contribution in [2.75, 3.05) is 0 Å². The maximum atomic E-state index is 13.1. The van der Waals surface area contributed by atoms with Crippen molar-refractivity contribution in [1.29, 1.82) is 0 Å². The lowest BCUT2D eigenvalue weighted by Gasteiger charge is -2.11. The number of benzene rings is 3. The highest BCUT2D eigenvalue weighted by atomic mass is 16.3. The van der Waals surface area contributed by atoms with Gasteiger partial charge in [0.2, 0.25) is 0 Å². The van der Waals surface area contributed by atoms with Gasteiger partial charge in [0.15, 0.2) is 0 Å². The molecule has 27 heavy (non-hydrogen) atoms. The maximum Gasteiger partial charge on any atom is 0.266 e. The fraction of sp³-hybridized carbons (Fsp3) is 0. The Labute approximate surface area is 155 Å². The third-order valence-corrected chi connectivity index (χ3v) is 4.26. The zero-order valence-corrected chi connectivity index (χ0v) is 14.3. The summed E-state index contributed by atoms with van der Waals surface area (Å²) in [5.74, 6) is 0.688. The number of phenols is 2. The van der Waals surface area contributed by atoms with Crippen molar-refractivity contribution in [1.82, 2.24) is 9.55 Å². The minimum absolute atomic E-state index is 0.117. The zero-order chi connectivity index (χ0) is 18.8. The normalized spacial score (nSPS) is 11.3. The molecule has 1 heterocycles. The molecule has 5 nitrogen and oxygen atoms in total. The summed E-state index contributed by atoms with van der Waals surface area (Å²) >= 11 is 0. The van der Waals surface area contributed by atoms with Crippen molar-refractivity contribution in [3.63, 3.8) is 0 Å². The van der Waals surface area contributed by atoms with Crippen LogP contribution in [0, 0.1) is 0 Å². The van der Waals surface area contributed by atoms with Gasteiger partial charge in [0, 0.05) is 5.56 Å². The lowest BCUT2D eigenvalue weighted by Crippen LogP contribution is -2.22. The largest absolute Gasteiger partial charge is 0.508 e. The zero-order valence-electron chi connectivity index (χ0n) is 14.3. The molecule has 3 aromatic carbocycles. The quantitative estimate of drug-likeness (QED) is 0.582. The average molecular weight is 356 g/mol. The van der Waals surface area contributed by atoms with Crippen molar-refractivity contribution in [3.8, 4) is 17.2 Å². The summed E-state index contributed by atoms with van der Waals surface area (Å²) in [6.45, 7) is 0. The van der Waals surface area contributed by atoms with Crippen LogP contribution in [0.3, 0.4) is 0 Å². The van der Waals surface area contributed by atoms with Crippen LogP contribution in [0.2, 0.25) is 0 Å². The maximum absolute atomic E-state index is 13.1. The Kier molecular flexibility index (Phi) is 4.18. The van der Waals surface area contributed by atoms with Crippen molar-refractivity contribution in [2.45, 2.75) is 0 Å². The van der Waals surface area contributed by atoms with Gasteiger partial charge < -0.3 is 10.2 Å². The third-order valence-electron chi connectivity index (χ3n) is 4.26. The molecule has 0 bridgehead atoms. The minimum Gasteiger partial charge on any atom is -0.508 e. The van der Waals surface area contributed by atoms with E-state index in [1.807, 2.05) is 12.1 Å². The second-order valence-electron chi connectivity index (χ2n) is 6.04. The van der Waals surface area contributed by atoms with E-state index in [2.05, 4.69) is 4.98 Å². The van der Waals surface area contributed by atoms with E-state index in [1.54, 1.807) is 60.7 Å². The standard InChI is InChI=1S/C22H16N2O3/c25-17-12-10-16(11-13-17)24-21(14-9-15-5-1-4-8-20(15)26)23-19-7-3-2-6-18(19)22(24)27/h1-14,25-26H/b14-9-. The van der Waals surface area contributed by atoms with E-state index in [0.717, 1.165) is 0 Å². The van der Waals surface area contributed by atoms with Gasteiger partial charge in [-0.05, 0) is 54.6 Å². The molecular formula is C22H16N2O3. The predicted molar refractivity (Wildman–Crippen MR) is 106 cm³/mol. The lowest BCUT2D eigenvalue weighted by molar-refractivity contribution is 0.474. The molecule has 5 heteroatoms. The highest BCUT2D eigenvalue weighted by Gasteiger charge is 2.11. The van der Waals surface area contributed by atoms with Crippen LogP contribution in [0.15, 0.2) is 77.6 Å². The Morgan fingerprint density at radius 3 is 2.30 bits per heavy atom. The minimum atomic E-state index is -0.205. The number of aromatic hydroxyl groups is 2. The molecule has 4 aromatic rings. The van der Waals surface area contributed by atoms with Crippen LogP contribution >= 0.6 is 0 Å². The van der Waals surface area contributed by atoms with E-state index in [-0.39, 0.29) is 17.1 Å². The monoisotopic (exact) mass is 356 g/mol. The fourth-order valence-corrected chi connectivity index (χ4v) is 2.91. The average Bonchev–Trinajstić information content (AvgIpc) is 2.69. The molecule has 0 aliphatic heterocycles. The van der Waals surface area contributed by atoms with Gasteiger partial charge in [0.1, 0.15) is 17.3 Å².